The average molecular weight is 250 g/mol. The molecule has 0 saturated carbocycles. The van der Waals surface area contributed by atoms with Crippen molar-refractivity contribution >= 4 is 11.0 Å². The maximum Gasteiger partial charge on any atom is 0.328 e. The van der Waals surface area contributed by atoms with Crippen molar-refractivity contribution in [3.05, 3.63) is 34.7 Å². The molecule has 2 aromatic rings. The number of methoxy groups -OCH3 is 1. The molecular formula is C13H18N2O3. The Balaban J connectivity index is 2.13. The van der Waals surface area contributed by atoms with E-state index in [0.717, 1.165) is 11.0 Å². The van der Waals surface area contributed by atoms with E-state index >= 15 is 0 Å². The Morgan fingerprint density at radius 3 is 2.56 bits per heavy atom. The van der Waals surface area contributed by atoms with Gasteiger partial charge >= 0.3 is 5.69 Å². The minimum Gasteiger partial charge on any atom is -0.382 e. The second kappa shape index (κ2) is 5.84. The molecule has 0 aliphatic carbocycles. The highest BCUT2D eigenvalue weighted by molar-refractivity contribution is 5.75. The highest BCUT2D eigenvalue weighted by atomic mass is 16.5. The molecule has 0 fully saturated rings. The van der Waals surface area contributed by atoms with Crippen LogP contribution >= 0.6 is 0 Å². The number of nitrogens with zero attached hydrogens (tertiary/aromatic N) is 2. The topological polar surface area (TPSA) is 45.4 Å². The fourth-order valence-corrected chi connectivity index (χ4v) is 1.98. The number of rotatable bonds is 6. The van der Waals surface area contributed by atoms with Gasteiger partial charge in [0.2, 0.25) is 0 Å². The lowest BCUT2D eigenvalue weighted by Crippen LogP contribution is -2.24. The van der Waals surface area contributed by atoms with Crippen molar-refractivity contribution in [1.29, 1.82) is 0 Å². The van der Waals surface area contributed by atoms with E-state index in [2.05, 4.69) is 0 Å². The standard InChI is InChI=1S/C13H18N2O3/c1-14-11-5-3-4-6-12(11)15(13(14)16)7-8-18-10-9-17-2/h3-6H,7-10H2,1-2H3. The number of hydrogen-bond donors (Lipinski definition) is 0. The number of benzene rings is 1. The van der Waals surface area contributed by atoms with Gasteiger partial charge < -0.3 is 9.47 Å². The second-order valence-corrected chi connectivity index (χ2v) is 4.09. The Morgan fingerprint density at radius 1 is 1.11 bits per heavy atom. The minimum absolute atomic E-state index is 0.00783. The van der Waals surface area contributed by atoms with Crippen LogP contribution in [0.4, 0.5) is 0 Å². The van der Waals surface area contributed by atoms with E-state index in [1.807, 2.05) is 24.3 Å². The maximum absolute atomic E-state index is 12.1. The van der Waals surface area contributed by atoms with Gasteiger partial charge in [-0.15, -0.1) is 0 Å². The van der Waals surface area contributed by atoms with E-state index in [9.17, 15) is 4.79 Å². The molecule has 0 atom stereocenters. The van der Waals surface area contributed by atoms with Crippen molar-refractivity contribution < 1.29 is 9.47 Å². The lowest BCUT2D eigenvalue weighted by Gasteiger charge is -2.04. The quantitative estimate of drug-likeness (QED) is 0.719. The Kier molecular flexibility index (Phi) is 4.17. The predicted molar refractivity (Wildman–Crippen MR) is 69.9 cm³/mol. The van der Waals surface area contributed by atoms with Gasteiger partial charge in [0.25, 0.3) is 0 Å². The first-order valence-corrected chi connectivity index (χ1v) is 5.96. The van der Waals surface area contributed by atoms with Crippen molar-refractivity contribution in [2.75, 3.05) is 26.9 Å². The summed E-state index contributed by atoms with van der Waals surface area (Å²) in [6, 6.07) is 7.76. The molecule has 0 radical (unpaired) electrons. The third-order valence-electron chi connectivity index (χ3n) is 2.94. The van der Waals surface area contributed by atoms with Crippen molar-refractivity contribution in [2.45, 2.75) is 6.54 Å². The smallest absolute Gasteiger partial charge is 0.328 e. The molecule has 5 nitrogen and oxygen atoms in total. The summed E-state index contributed by atoms with van der Waals surface area (Å²) in [6.07, 6.45) is 0. The summed E-state index contributed by atoms with van der Waals surface area (Å²) in [4.78, 5) is 12.1. The number of aromatic nitrogens is 2. The molecule has 0 unspecified atom stereocenters. The van der Waals surface area contributed by atoms with E-state index in [1.54, 1.807) is 23.3 Å². The van der Waals surface area contributed by atoms with Gasteiger partial charge in [-0.3, -0.25) is 9.13 Å². The van der Waals surface area contributed by atoms with Crippen LogP contribution in [0, 0.1) is 0 Å². The minimum atomic E-state index is -0.00783. The molecular weight excluding hydrogens is 232 g/mol. The number of fused-ring (bicyclic) bond motifs is 1. The summed E-state index contributed by atoms with van der Waals surface area (Å²) in [5, 5.41) is 0. The second-order valence-electron chi connectivity index (χ2n) is 4.09. The van der Waals surface area contributed by atoms with Gasteiger partial charge in [-0.05, 0) is 12.1 Å². The molecule has 2 rings (SSSR count). The summed E-state index contributed by atoms with van der Waals surface area (Å²) in [5.41, 5.74) is 1.88. The zero-order valence-corrected chi connectivity index (χ0v) is 10.8. The summed E-state index contributed by atoms with van der Waals surface area (Å²) in [7, 11) is 3.42. The highest BCUT2D eigenvalue weighted by Crippen LogP contribution is 2.10. The summed E-state index contributed by atoms with van der Waals surface area (Å²) in [6.45, 7) is 2.20. The van der Waals surface area contributed by atoms with Crippen molar-refractivity contribution in [3.63, 3.8) is 0 Å². The van der Waals surface area contributed by atoms with E-state index in [4.69, 9.17) is 9.47 Å². The third-order valence-corrected chi connectivity index (χ3v) is 2.94. The molecule has 1 aromatic heterocycles. The van der Waals surface area contributed by atoms with Gasteiger partial charge in [0.05, 0.1) is 37.4 Å². The molecule has 0 spiro atoms. The van der Waals surface area contributed by atoms with Crippen LogP contribution in [0.2, 0.25) is 0 Å². The SMILES string of the molecule is COCCOCCn1c(=O)n(C)c2ccccc21. The van der Waals surface area contributed by atoms with Crippen LogP contribution in [0.1, 0.15) is 0 Å². The first kappa shape index (κ1) is 12.9. The molecule has 1 aromatic carbocycles. The molecule has 18 heavy (non-hydrogen) atoms. The van der Waals surface area contributed by atoms with Crippen LogP contribution in [-0.4, -0.2) is 36.1 Å². The lowest BCUT2D eigenvalue weighted by atomic mass is 10.3. The van der Waals surface area contributed by atoms with E-state index in [1.165, 1.54) is 0 Å². The van der Waals surface area contributed by atoms with Crippen LogP contribution in [-0.2, 0) is 23.1 Å². The number of aryl methyl sites for hydroxylation is 1. The van der Waals surface area contributed by atoms with Crippen LogP contribution in [0.15, 0.2) is 29.1 Å². The Labute approximate surface area is 106 Å². The Morgan fingerprint density at radius 2 is 1.83 bits per heavy atom. The van der Waals surface area contributed by atoms with E-state index < -0.39 is 0 Å². The normalized spacial score (nSPS) is 11.2. The van der Waals surface area contributed by atoms with Crippen LogP contribution in [0.25, 0.3) is 11.0 Å². The molecule has 0 saturated heterocycles. The molecule has 0 N–H and O–H groups in total. The van der Waals surface area contributed by atoms with Crippen molar-refractivity contribution in [3.8, 4) is 0 Å². The molecule has 0 aliphatic heterocycles. The van der Waals surface area contributed by atoms with Gasteiger partial charge in [0.15, 0.2) is 0 Å². The van der Waals surface area contributed by atoms with E-state index in [0.29, 0.717) is 26.4 Å². The monoisotopic (exact) mass is 250 g/mol. The Bertz CT molecular complexity index is 571. The van der Waals surface area contributed by atoms with Gasteiger partial charge in [0, 0.05) is 14.2 Å². The third kappa shape index (κ3) is 2.47. The molecule has 1 heterocycles. The maximum atomic E-state index is 12.1. The van der Waals surface area contributed by atoms with Crippen LogP contribution in [0.3, 0.4) is 0 Å². The fourth-order valence-electron chi connectivity index (χ4n) is 1.98. The van der Waals surface area contributed by atoms with Crippen molar-refractivity contribution in [1.82, 2.24) is 9.13 Å². The average Bonchev–Trinajstić information content (AvgIpc) is 2.64. The first-order valence-electron chi connectivity index (χ1n) is 5.96. The van der Waals surface area contributed by atoms with Crippen LogP contribution < -0.4 is 5.69 Å². The number of imidazole rings is 1. The summed E-state index contributed by atoms with van der Waals surface area (Å²) < 4.78 is 13.7. The highest BCUT2D eigenvalue weighted by Gasteiger charge is 2.08. The molecule has 0 bridgehead atoms. The van der Waals surface area contributed by atoms with Gasteiger partial charge in [-0.1, -0.05) is 12.1 Å². The van der Waals surface area contributed by atoms with Gasteiger partial charge in [-0.25, -0.2) is 4.79 Å². The largest absolute Gasteiger partial charge is 0.382 e. The zero-order valence-electron chi connectivity index (χ0n) is 10.8. The summed E-state index contributed by atoms with van der Waals surface area (Å²) in [5.74, 6) is 0. The summed E-state index contributed by atoms with van der Waals surface area (Å²) >= 11 is 0. The molecule has 98 valence electrons. The van der Waals surface area contributed by atoms with Crippen LogP contribution in [0.5, 0.6) is 0 Å². The lowest BCUT2D eigenvalue weighted by molar-refractivity contribution is 0.0666. The number of para-hydroxylation sites is 2. The Hall–Kier alpha value is -1.59. The van der Waals surface area contributed by atoms with Gasteiger partial charge in [-0.2, -0.15) is 0 Å². The zero-order chi connectivity index (χ0) is 13.0. The van der Waals surface area contributed by atoms with Gasteiger partial charge in [0.1, 0.15) is 0 Å². The molecule has 0 amide bonds. The predicted octanol–water partition coefficient (Wildman–Crippen LogP) is 1.00. The molecule has 0 aliphatic rings. The molecule has 5 heteroatoms. The van der Waals surface area contributed by atoms with Crippen molar-refractivity contribution in [2.24, 2.45) is 7.05 Å². The number of ether oxygens (including phenoxy) is 2. The van der Waals surface area contributed by atoms with E-state index in [-0.39, 0.29) is 5.69 Å². The fraction of sp³-hybridized carbons (Fsp3) is 0.462. The number of hydrogen-bond acceptors (Lipinski definition) is 3. The first-order chi connectivity index (χ1) is 8.75.